The molecule has 0 radical (unpaired) electrons. The molecule has 0 amide bonds. The second-order valence-electron chi connectivity index (χ2n) is 4.55. The first-order valence-corrected chi connectivity index (χ1v) is 7.71. The molecule has 0 aliphatic carbocycles. The highest BCUT2D eigenvalue weighted by Gasteiger charge is 2.33. The molecule has 0 fully saturated rings. The molecular formula is C17H12ClIO. The lowest BCUT2D eigenvalue weighted by molar-refractivity contribution is 0.102. The maximum absolute atomic E-state index is 6.00. The number of benzene rings is 2. The average molecular weight is 395 g/mol. The van der Waals surface area contributed by atoms with Crippen LogP contribution >= 0.6 is 34.2 Å². The van der Waals surface area contributed by atoms with Gasteiger partial charge in [-0.05, 0) is 59.0 Å². The van der Waals surface area contributed by atoms with E-state index >= 15 is 0 Å². The minimum atomic E-state index is -0.580. The number of allylic oxidation sites excluding steroid dienone is 2. The zero-order chi connectivity index (χ0) is 14.0. The van der Waals surface area contributed by atoms with E-state index < -0.39 is 5.60 Å². The van der Waals surface area contributed by atoms with Crippen LogP contribution in [0.25, 0.3) is 0 Å². The zero-order valence-electron chi connectivity index (χ0n) is 10.6. The number of rotatable bonds is 2. The Hall–Kier alpha value is -1.26. The largest absolute Gasteiger partial charge is 0.481 e. The summed E-state index contributed by atoms with van der Waals surface area (Å²) in [4.78, 5) is 0. The third kappa shape index (κ3) is 2.50. The van der Waals surface area contributed by atoms with Gasteiger partial charge >= 0.3 is 0 Å². The van der Waals surface area contributed by atoms with Crippen LogP contribution in [0.1, 0.15) is 11.1 Å². The Balaban J connectivity index is 2.14. The van der Waals surface area contributed by atoms with E-state index in [0.717, 1.165) is 16.1 Å². The van der Waals surface area contributed by atoms with Gasteiger partial charge in [0.15, 0.2) is 5.60 Å². The van der Waals surface area contributed by atoms with Crippen LogP contribution in [0.5, 0.6) is 0 Å². The van der Waals surface area contributed by atoms with Gasteiger partial charge in [-0.25, -0.2) is 0 Å². The van der Waals surface area contributed by atoms with Crippen LogP contribution in [0.3, 0.4) is 0 Å². The highest BCUT2D eigenvalue weighted by Crippen LogP contribution is 2.37. The average Bonchev–Trinajstić information content (AvgIpc) is 2.49. The Morgan fingerprint density at radius 3 is 2.00 bits per heavy atom. The molecule has 0 N–H and O–H groups in total. The summed E-state index contributed by atoms with van der Waals surface area (Å²) in [5.74, 6) is 0. The van der Waals surface area contributed by atoms with E-state index in [2.05, 4.69) is 52.9 Å². The summed E-state index contributed by atoms with van der Waals surface area (Å²) in [6.45, 7) is 0. The minimum Gasteiger partial charge on any atom is -0.481 e. The van der Waals surface area contributed by atoms with Crippen molar-refractivity contribution in [3.8, 4) is 0 Å². The summed E-state index contributed by atoms with van der Waals surface area (Å²) in [6.07, 6.45) is 7.70. The van der Waals surface area contributed by atoms with Crippen LogP contribution in [0.4, 0.5) is 0 Å². The SMILES string of the molecule is Clc1ccc(C2(c3ccc(I)cc3)C=CC=CO2)cc1. The lowest BCUT2D eigenvalue weighted by atomic mass is 9.85. The van der Waals surface area contributed by atoms with Gasteiger partial charge in [-0.1, -0.05) is 41.9 Å². The fourth-order valence-electron chi connectivity index (χ4n) is 2.31. The summed E-state index contributed by atoms with van der Waals surface area (Å²) in [7, 11) is 0. The molecule has 2 aromatic rings. The van der Waals surface area contributed by atoms with Crippen LogP contribution in [0.15, 0.2) is 73.0 Å². The third-order valence-corrected chi connectivity index (χ3v) is 4.29. The molecule has 1 aliphatic heterocycles. The van der Waals surface area contributed by atoms with Crippen molar-refractivity contribution < 1.29 is 4.74 Å². The zero-order valence-corrected chi connectivity index (χ0v) is 13.5. The fraction of sp³-hybridized carbons (Fsp3) is 0.0588. The summed E-state index contributed by atoms with van der Waals surface area (Å²) in [5, 5.41) is 0.724. The third-order valence-electron chi connectivity index (χ3n) is 3.32. The molecule has 1 aliphatic rings. The normalized spacial score (nSPS) is 20.7. The highest BCUT2D eigenvalue weighted by molar-refractivity contribution is 14.1. The van der Waals surface area contributed by atoms with Gasteiger partial charge in [0.25, 0.3) is 0 Å². The van der Waals surface area contributed by atoms with Crippen molar-refractivity contribution >= 4 is 34.2 Å². The van der Waals surface area contributed by atoms with Crippen molar-refractivity contribution in [2.75, 3.05) is 0 Å². The van der Waals surface area contributed by atoms with Gasteiger partial charge in [0.2, 0.25) is 0 Å². The molecule has 1 unspecified atom stereocenters. The lowest BCUT2D eigenvalue weighted by Gasteiger charge is -2.33. The second-order valence-corrected chi connectivity index (χ2v) is 6.24. The molecule has 0 saturated carbocycles. The topological polar surface area (TPSA) is 9.23 Å². The number of hydrogen-bond acceptors (Lipinski definition) is 1. The van der Waals surface area contributed by atoms with E-state index in [9.17, 15) is 0 Å². The first-order chi connectivity index (χ1) is 9.71. The van der Waals surface area contributed by atoms with Crippen LogP contribution in [-0.4, -0.2) is 0 Å². The molecule has 0 saturated heterocycles. The van der Waals surface area contributed by atoms with Crippen molar-refractivity contribution in [1.82, 2.24) is 0 Å². The number of hydrogen-bond donors (Lipinski definition) is 0. The van der Waals surface area contributed by atoms with Crippen LogP contribution in [-0.2, 0) is 10.3 Å². The van der Waals surface area contributed by atoms with E-state index in [4.69, 9.17) is 16.3 Å². The summed E-state index contributed by atoms with van der Waals surface area (Å²) < 4.78 is 7.21. The van der Waals surface area contributed by atoms with Crippen molar-refractivity contribution in [3.05, 3.63) is 92.7 Å². The Morgan fingerprint density at radius 2 is 1.45 bits per heavy atom. The number of ether oxygens (including phenoxy) is 1. The number of halogens is 2. The van der Waals surface area contributed by atoms with Crippen molar-refractivity contribution in [2.24, 2.45) is 0 Å². The van der Waals surface area contributed by atoms with Crippen molar-refractivity contribution in [2.45, 2.75) is 5.60 Å². The van der Waals surface area contributed by atoms with Gasteiger partial charge in [0.1, 0.15) is 0 Å². The van der Waals surface area contributed by atoms with Gasteiger partial charge in [-0.15, -0.1) is 0 Å². The summed E-state index contributed by atoms with van der Waals surface area (Å²) >= 11 is 8.29. The Morgan fingerprint density at radius 1 is 0.850 bits per heavy atom. The van der Waals surface area contributed by atoms with Gasteiger partial charge < -0.3 is 4.74 Å². The van der Waals surface area contributed by atoms with E-state index in [-0.39, 0.29) is 0 Å². The quantitative estimate of drug-likeness (QED) is 0.629. The van der Waals surface area contributed by atoms with Gasteiger partial charge in [-0.2, -0.15) is 0 Å². The second kappa shape index (κ2) is 5.62. The van der Waals surface area contributed by atoms with E-state index in [1.54, 1.807) is 6.26 Å². The molecule has 3 heteroatoms. The van der Waals surface area contributed by atoms with E-state index in [1.165, 1.54) is 3.57 Å². The van der Waals surface area contributed by atoms with Gasteiger partial charge in [0.05, 0.1) is 6.26 Å². The molecule has 0 aromatic heterocycles. The smallest absolute Gasteiger partial charge is 0.177 e. The summed E-state index contributed by atoms with van der Waals surface area (Å²) in [6, 6.07) is 16.2. The fourth-order valence-corrected chi connectivity index (χ4v) is 2.80. The monoisotopic (exact) mass is 394 g/mol. The van der Waals surface area contributed by atoms with E-state index in [0.29, 0.717) is 0 Å². The molecule has 100 valence electrons. The molecule has 1 heterocycles. The van der Waals surface area contributed by atoms with Crippen molar-refractivity contribution in [3.63, 3.8) is 0 Å². The molecule has 1 nitrogen and oxygen atoms in total. The molecule has 20 heavy (non-hydrogen) atoms. The molecule has 0 spiro atoms. The Kier molecular flexibility index (Phi) is 3.85. The van der Waals surface area contributed by atoms with Crippen LogP contribution in [0.2, 0.25) is 5.02 Å². The van der Waals surface area contributed by atoms with Gasteiger partial charge in [0, 0.05) is 19.7 Å². The maximum Gasteiger partial charge on any atom is 0.177 e. The lowest BCUT2D eigenvalue weighted by Crippen LogP contribution is -2.28. The van der Waals surface area contributed by atoms with Crippen LogP contribution < -0.4 is 0 Å². The summed E-state index contributed by atoms with van der Waals surface area (Å²) in [5.41, 5.74) is 1.58. The van der Waals surface area contributed by atoms with Crippen molar-refractivity contribution in [1.29, 1.82) is 0 Å². The molecule has 2 aromatic carbocycles. The molecule has 0 bridgehead atoms. The Bertz CT molecular complexity index is 611. The highest BCUT2D eigenvalue weighted by atomic mass is 127. The Labute approximate surface area is 137 Å². The van der Waals surface area contributed by atoms with E-state index in [1.807, 2.05) is 36.4 Å². The first kappa shape index (κ1) is 13.7. The predicted molar refractivity (Wildman–Crippen MR) is 90.8 cm³/mol. The predicted octanol–water partition coefficient (Wildman–Crippen LogP) is 5.29. The van der Waals surface area contributed by atoms with Gasteiger partial charge in [-0.3, -0.25) is 0 Å². The maximum atomic E-state index is 6.00. The minimum absolute atomic E-state index is 0.580. The first-order valence-electron chi connectivity index (χ1n) is 6.25. The molecular weight excluding hydrogens is 383 g/mol. The standard InChI is InChI=1S/C17H12ClIO/c18-15-7-3-13(4-8-15)17(11-1-2-12-20-17)14-5-9-16(19)10-6-14/h1-12H. The molecule has 3 rings (SSSR count). The molecule has 1 atom stereocenters. The van der Waals surface area contributed by atoms with Crippen LogP contribution in [0, 0.1) is 3.57 Å².